The lowest BCUT2D eigenvalue weighted by atomic mass is 9.93. The first-order chi connectivity index (χ1) is 12.7. The van der Waals surface area contributed by atoms with Gasteiger partial charge in [-0.25, -0.2) is 9.18 Å². The fraction of sp³-hybridized carbons (Fsp3) is 0.381. The Morgan fingerprint density at radius 1 is 1.15 bits per heavy atom. The van der Waals surface area contributed by atoms with Crippen molar-refractivity contribution in [1.82, 2.24) is 0 Å². The molecule has 1 aliphatic carbocycles. The molecule has 0 atom stereocenters. The number of halogens is 1. The number of nitrogens with zero attached hydrogens (tertiary/aromatic N) is 1. The molecule has 3 nitrogen and oxygen atoms in total. The van der Waals surface area contributed by atoms with Gasteiger partial charge >= 0.3 is 5.97 Å². The molecule has 2 aromatic rings. The topological polar surface area (TPSA) is 29.5 Å². The molecule has 5 heteroatoms. The number of methoxy groups -OCH3 is 1. The van der Waals surface area contributed by atoms with Gasteiger partial charge in [0.2, 0.25) is 0 Å². The van der Waals surface area contributed by atoms with Crippen LogP contribution in [0.4, 0.5) is 10.1 Å². The fourth-order valence-electron chi connectivity index (χ4n) is 3.56. The van der Waals surface area contributed by atoms with Gasteiger partial charge in [-0.05, 0) is 59.7 Å². The summed E-state index contributed by atoms with van der Waals surface area (Å²) in [7, 11) is 1.43. The van der Waals surface area contributed by atoms with Gasteiger partial charge in [-0.2, -0.15) is 11.8 Å². The van der Waals surface area contributed by atoms with Crippen molar-refractivity contribution in [2.45, 2.75) is 18.8 Å². The van der Waals surface area contributed by atoms with E-state index in [9.17, 15) is 9.18 Å². The van der Waals surface area contributed by atoms with E-state index in [1.54, 1.807) is 0 Å². The molecule has 1 aliphatic heterocycles. The van der Waals surface area contributed by atoms with Crippen molar-refractivity contribution in [2.24, 2.45) is 0 Å². The van der Waals surface area contributed by atoms with Gasteiger partial charge in [-0.1, -0.05) is 12.1 Å². The van der Waals surface area contributed by atoms with Crippen LogP contribution in [0.1, 0.15) is 34.7 Å². The van der Waals surface area contributed by atoms with E-state index in [1.165, 1.54) is 24.8 Å². The van der Waals surface area contributed by atoms with Gasteiger partial charge in [0.1, 0.15) is 5.82 Å². The molecule has 2 fully saturated rings. The van der Waals surface area contributed by atoms with Crippen molar-refractivity contribution in [2.75, 3.05) is 36.6 Å². The number of hydrogen-bond acceptors (Lipinski definition) is 4. The molecular formula is C21H22FNO2S. The van der Waals surface area contributed by atoms with E-state index in [0.29, 0.717) is 11.5 Å². The SMILES string of the molecule is COC(=O)c1cc(C2CC2)c(-c2ccc(F)cc2)cc1N1CCSCC1. The highest BCUT2D eigenvalue weighted by Gasteiger charge is 2.30. The van der Waals surface area contributed by atoms with Gasteiger partial charge in [0.05, 0.1) is 18.4 Å². The summed E-state index contributed by atoms with van der Waals surface area (Å²) < 4.78 is 18.5. The minimum absolute atomic E-state index is 0.235. The third-order valence-electron chi connectivity index (χ3n) is 5.10. The Hall–Kier alpha value is -2.01. The second kappa shape index (κ2) is 7.31. The van der Waals surface area contributed by atoms with E-state index in [1.807, 2.05) is 30.0 Å². The van der Waals surface area contributed by atoms with Crippen molar-refractivity contribution < 1.29 is 13.9 Å². The molecule has 0 aromatic heterocycles. The summed E-state index contributed by atoms with van der Waals surface area (Å²) in [5.74, 6) is 2.06. The summed E-state index contributed by atoms with van der Waals surface area (Å²) >= 11 is 1.93. The molecule has 2 aliphatic rings. The predicted octanol–water partition coefficient (Wildman–Crippen LogP) is 4.71. The van der Waals surface area contributed by atoms with E-state index in [2.05, 4.69) is 11.0 Å². The second-order valence-corrected chi connectivity index (χ2v) is 8.05. The summed E-state index contributed by atoms with van der Waals surface area (Å²) in [4.78, 5) is 14.7. The third kappa shape index (κ3) is 3.45. The largest absolute Gasteiger partial charge is 0.465 e. The minimum Gasteiger partial charge on any atom is -0.465 e. The Balaban J connectivity index is 1.86. The number of carbonyl (C=O) groups excluding carboxylic acids is 1. The molecule has 26 heavy (non-hydrogen) atoms. The van der Waals surface area contributed by atoms with Gasteiger partial charge in [0, 0.05) is 24.6 Å². The predicted molar refractivity (Wildman–Crippen MR) is 105 cm³/mol. The quantitative estimate of drug-likeness (QED) is 0.728. The number of thioether (sulfide) groups is 1. The minimum atomic E-state index is -0.286. The zero-order chi connectivity index (χ0) is 18.1. The normalized spacial score (nSPS) is 17.2. The van der Waals surface area contributed by atoms with Gasteiger partial charge in [-0.15, -0.1) is 0 Å². The average molecular weight is 371 g/mol. The van der Waals surface area contributed by atoms with E-state index in [4.69, 9.17) is 4.74 Å². The molecule has 0 amide bonds. The third-order valence-corrected chi connectivity index (χ3v) is 6.04. The van der Waals surface area contributed by atoms with Crippen molar-refractivity contribution in [3.05, 3.63) is 53.3 Å². The summed E-state index contributed by atoms with van der Waals surface area (Å²) in [6, 6.07) is 10.8. The Morgan fingerprint density at radius 2 is 1.85 bits per heavy atom. The van der Waals surface area contributed by atoms with Crippen LogP contribution in [-0.2, 0) is 4.74 Å². The van der Waals surface area contributed by atoms with Crippen LogP contribution in [0.25, 0.3) is 11.1 Å². The number of rotatable bonds is 4. The number of carbonyl (C=O) groups is 1. The smallest absolute Gasteiger partial charge is 0.339 e. The highest BCUT2D eigenvalue weighted by molar-refractivity contribution is 7.99. The van der Waals surface area contributed by atoms with E-state index < -0.39 is 0 Å². The molecule has 0 N–H and O–H groups in total. The van der Waals surface area contributed by atoms with Crippen molar-refractivity contribution in [3.63, 3.8) is 0 Å². The highest BCUT2D eigenvalue weighted by Crippen LogP contribution is 2.46. The van der Waals surface area contributed by atoms with Gasteiger partial charge in [0.15, 0.2) is 0 Å². The van der Waals surface area contributed by atoms with Gasteiger partial charge < -0.3 is 9.64 Å². The maximum absolute atomic E-state index is 13.4. The second-order valence-electron chi connectivity index (χ2n) is 6.83. The van der Waals surface area contributed by atoms with Crippen LogP contribution in [-0.4, -0.2) is 37.7 Å². The first-order valence-corrected chi connectivity index (χ1v) is 10.2. The maximum Gasteiger partial charge on any atom is 0.339 e. The molecule has 2 aromatic carbocycles. The van der Waals surface area contributed by atoms with Crippen LogP contribution in [0, 0.1) is 5.82 Å². The van der Waals surface area contributed by atoms with E-state index in [0.717, 1.165) is 54.3 Å². The zero-order valence-corrected chi connectivity index (χ0v) is 15.7. The van der Waals surface area contributed by atoms with Crippen LogP contribution in [0.3, 0.4) is 0 Å². The lowest BCUT2D eigenvalue weighted by Gasteiger charge is -2.31. The van der Waals surface area contributed by atoms with Crippen LogP contribution in [0.5, 0.6) is 0 Å². The standard InChI is InChI=1S/C21H22FNO2S/c1-25-21(24)19-12-17(14-2-3-14)18(15-4-6-16(22)7-5-15)13-20(19)23-8-10-26-11-9-23/h4-7,12-14H,2-3,8-11H2,1H3. The number of esters is 1. The first kappa shape index (κ1) is 17.4. The highest BCUT2D eigenvalue weighted by atomic mass is 32.2. The van der Waals surface area contributed by atoms with E-state index in [-0.39, 0.29) is 11.8 Å². The summed E-state index contributed by atoms with van der Waals surface area (Å²) in [6.07, 6.45) is 2.27. The summed E-state index contributed by atoms with van der Waals surface area (Å²) in [5.41, 5.74) is 4.85. The van der Waals surface area contributed by atoms with Crippen molar-refractivity contribution in [1.29, 1.82) is 0 Å². The molecular weight excluding hydrogens is 349 g/mol. The maximum atomic E-state index is 13.4. The number of anilines is 1. The Labute approximate surface area is 157 Å². The molecule has 0 spiro atoms. The lowest BCUT2D eigenvalue weighted by molar-refractivity contribution is 0.0601. The number of hydrogen-bond donors (Lipinski definition) is 0. The van der Waals surface area contributed by atoms with Gasteiger partial charge in [0.25, 0.3) is 0 Å². The fourth-order valence-corrected chi connectivity index (χ4v) is 4.46. The molecule has 0 unspecified atom stereocenters. The van der Waals surface area contributed by atoms with Crippen LogP contribution in [0.2, 0.25) is 0 Å². The van der Waals surface area contributed by atoms with Crippen LogP contribution < -0.4 is 4.90 Å². The summed E-state index contributed by atoms with van der Waals surface area (Å²) in [6.45, 7) is 1.83. The Morgan fingerprint density at radius 3 is 2.46 bits per heavy atom. The average Bonchev–Trinajstić information content (AvgIpc) is 3.53. The molecule has 4 rings (SSSR count). The molecule has 1 saturated heterocycles. The van der Waals surface area contributed by atoms with Crippen LogP contribution >= 0.6 is 11.8 Å². The Bertz CT molecular complexity index is 812. The van der Waals surface area contributed by atoms with Crippen molar-refractivity contribution >= 4 is 23.4 Å². The van der Waals surface area contributed by atoms with Crippen molar-refractivity contribution in [3.8, 4) is 11.1 Å². The monoisotopic (exact) mass is 371 g/mol. The molecule has 1 heterocycles. The number of ether oxygens (including phenoxy) is 1. The van der Waals surface area contributed by atoms with E-state index >= 15 is 0 Å². The number of benzene rings is 2. The molecule has 1 saturated carbocycles. The Kier molecular flexibility index (Phi) is 4.90. The lowest BCUT2D eigenvalue weighted by Crippen LogP contribution is -2.33. The first-order valence-electron chi connectivity index (χ1n) is 9.02. The zero-order valence-electron chi connectivity index (χ0n) is 14.8. The molecule has 136 valence electrons. The summed E-state index contributed by atoms with van der Waals surface area (Å²) in [5, 5.41) is 0. The molecule has 0 radical (unpaired) electrons. The van der Waals surface area contributed by atoms with Crippen LogP contribution in [0.15, 0.2) is 36.4 Å². The molecule has 0 bridgehead atoms. The van der Waals surface area contributed by atoms with Gasteiger partial charge in [-0.3, -0.25) is 0 Å².